The third-order valence-electron chi connectivity index (χ3n) is 4.39. The maximum absolute atomic E-state index is 13.0. The summed E-state index contributed by atoms with van der Waals surface area (Å²) in [7, 11) is -3.37. The van der Waals surface area contributed by atoms with Gasteiger partial charge in [-0.15, -0.1) is 0 Å². The molecule has 0 radical (unpaired) electrons. The number of hydrogen-bond donors (Lipinski definition) is 2. The third-order valence-corrected chi connectivity index (χ3v) is 5.70. The smallest absolute Gasteiger partial charge is 0.303 e. The molecule has 1 aliphatic rings. The lowest BCUT2D eigenvalue weighted by atomic mass is 9.99. The highest BCUT2D eigenvalue weighted by atomic mass is 32.2. The van der Waals surface area contributed by atoms with Gasteiger partial charge in [0.1, 0.15) is 11.7 Å². The van der Waals surface area contributed by atoms with E-state index in [2.05, 4.69) is 5.32 Å². The standard InChI is InChI=1S/C17H22FN3O6S/c1-28(26,27)21-10-8-20(9-11-21)17(25)14(6-7-15(22)23)16(24)19-13-4-2-12(18)3-5-13/h2-5,14H,6-11H2,1H3,(H,19,24)(H,22,23)/t14-/m0/s1. The van der Waals surface area contributed by atoms with Gasteiger partial charge in [-0.1, -0.05) is 0 Å². The van der Waals surface area contributed by atoms with Crippen LogP contribution in [-0.4, -0.2) is 72.9 Å². The molecule has 0 bridgehead atoms. The molecule has 1 aromatic carbocycles. The van der Waals surface area contributed by atoms with E-state index in [-0.39, 0.29) is 44.7 Å². The zero-order chi connectivity index (χ0) is 20.9. The molecule has 11 heteroatoms. The fourth-order valence-electron chi connectivity index (χ4n) is 2.86. The second kappa shape index (κ2) is 9.11. The number of amides is 2. The van der Waals surface area contributed by atoms with Gasteiger partial charge in [-0.2, -0.15) is 4.31 Å². The van der Waals surface area contributed by atoms with Crippen molar-refractivity contribution in [1.82, 2.24) is 9.21 Å². The highest BCUT2D eigenvalue weighted by Crippen LogP contribution is 2.18. The molecule has 2 N–H and O–H groups in total. The van der Waals surface area contributed by atoms with Crippen molar-refractivity contribution in [3.8, 4) is 0 Å². The average Bonchev–Trinajstić information content (AvgIpc) is 2.62. The minimum Gasteiger partial charge on any atom is -0.481 e. The Bertz CT molecular complexity index is 835. The van der Waals surface area contributed by atoms with Crippen molar-refractivity contribution in [1.29, 1.82) is 0 Å². The molecule has 2 rings (SSSR count). The van der Waals surface area contributed by atoms with E-state index in [9.17, 15) is 27.2 Å². The summed E-state index contributed by atoms with van der Waals surface area (Å²) in [6, 6.07) is 4.95. The molecule has 1 aromatic rings. The van der Waals surface area contributed by atoms with Crippen molar-refractivity contribution >= 4 is 33.5 Å². The van der Waals surface area contributed by atoms with E-state index in [0.717, 1.165) is 18.4 Å². The van der Waals surface area contributed by atoms with Crippen molar-refractivity contribution in [3.05, 3.63) is 30.1 Å². The van der Waals surface area contributed by atoms with Gasteiger partial charge in [-0.3, -0.25) is 14.4 Å². The molecule has 9 nitrogen and oxygen atoms in total. The van der Waals surface area contributed by atoms with Crippen molar-refractivity contribution in [2.45, 2.75) is 12.8 Å². The Labute approximate surface area is 162 Å². The van der Waals surface area contributed by atoms with Crippen LogP contribution >= 0.6 is 0 Å². The number of anilines is 1. The predicted octanol–water partition coefficient (Wildman–Crippen LogP) is 0.349. The van der Waals surface area contributed by atoms with Gasteiger partial charge in [-0.25, -0.2) is 12.8 Å². The van der Waals surface area contributed by atoms with Crippen LogP contribution in [0.1, 0.15) is 12.8 Å². The summed E-state index contributed by atoms with van der Waals surface area (Å²) in [6.45, 7) is 0.435. The number of carboxylic acid groups (broad SMARTS) is 1. The number of piperazine rings is 1. The number of rotatable bonds is 7. The van der Waals surface area contributed by atoms with Crippen LogP contribution in [-0.2, 0) is 24.4 Å². The Morgan fingerprint density at radius 3 is 2.21 bits per heavy atom. The van der Waals surface area contributed by atoms with Gasteiger partial charge in [0.2, 0.25) is 21.8 Å². The second-order valence-corrected chi connectivity index (χ2v) is 8.45. The van der Waals surface area contributed by atoms with Crippen LogP contribution in [0.5, 0.6) is 0 Å². The lowest BCUT2D eigenvalue weighted by Crippen LogP contribution is -2.53. The van der Waals surface area contributed by atoms with Gasteiger partial charge < -0.3 is 15.3 Å². The van der Waals surface area contributed by atoms with Gasteiger partial charge in [0.15, 0.2) is 0 Å². The first kappa shape index (κ1) is 21.8. The van der Waals surface area contributed by atoms with E-state index in [0.29, 0.717) is 0 Å². The molecule has 1 atom stereocenters. The molecule has 0 spiro atoms. The number of sulfonamides is 1. The van der Waals surface area contributed by atoms with Gasteiger partial charge >= 0.3 is 5.97 Å². The van der Waals surface area contributed by atoms with E-state index in [1.54, 1.807) is 0 Å². The largest absolute Gasteiger partial charge is 0.481 e. The maximum Gasteiger partial charge on any atom is 0.303 e. The monoisotopic (exact) mass is 415 g/mol. The molecular formula is C17H22FN3O6S. The number of carbonyl (C=O) groups excluding carboxylic acids is 2. The Balaban J connectivity index is 2.08. The van der Waals surface area contributed by atoms with Gasteiger partial charge in [0, 0.05) is 38.3 Å². The highest BCUT2D eigenvalue weighted by molar-refractivity contribution is 7.88. The summed E-state index contributed by atoms with van der Waals surface area (Å²) in [6.07, 6.45) is 0.500. The zero-order valence-electron chi connectivity index (χ0n) is 15.3. The Morgan fingerprint density at radius 1 is 1.14 bits per heavy atom. The number of aliphatic carboxylic acids is 1. The first-order chi connectivity index (χ1) is 13.1. The van der Waals surface area contributed by atoms with E-state index in [1.807, 2.05) is 0 Å². The number of benzene rings is 1. The summed E-state index contributed by atoms with van der Waals surface area (Å²) in [5.41, 5.74) is 0.279. The van der Waals surface area contributed by atoms with Crippen molar-refractivity contribution in [2.75, 3.05) is 37.8 Å². The minimum absolute atomic E-state index is 0.107. The normalized spacial score (nSPS) is 16.4. The Kier molecular flexibility index (Phi) is 7.08. The highest BCUT2D eigenvalue weighted by Gasteiger charge is 2.34. The first-order valence-electron chi connectivity index (χ1n) is 8.60. The molecule has 0 unspecified atom stereocenters. The lowest BCUT2D eigenvalue weighted by Gasteiger charge is -2.35. The number of nitrogens with one attached hydrogen (secondary N) is 1. The van der Waals surface area contributed by atoms with Gasteiger partial charge in [0.25, 0.3) is 0 Å². The molecule has 0 saturated carbocycles. The summed E-state index contributed by atoms with van der Waals surface area (Å²) in [4.78, 5) is 37.6. The average molecular weight is 415 g/mol. The second-order valence-electron chi connectivity index (χ2n) is 6.47. The first-order valence-corrected chi connectivity index (χ1v) is 10.4. The number of halogens is 1. The molecule has 1 aliphatic heterocycles. The van der Waals surface area contributed by atoms with E-state index in [4.69, 9.17) is 5.11 Å². The molecule has 1 fully saturated rings. The van der Waals surface area contributed by atoms with Gasteiger partial charge in [0.05, 0.1) is 6.26 Å². The number of carbonyl (C=O) groups is 3. The molecule has 0 aliphatic carbocycles. The predicted molar refractivity (Wildman–Crippen MR) is 98.4 cm³/mol. The fraction of sp³-hybridized carbons (Fsp3) is 0.471. The van der Waals surface area contributed by atoms with Crippen LogP contribution in [0.25, 0.3) is 0 Å². The van der Waals surface area contributed by atoms with Crippen LogP contribution in [0.2, 0.25) is 0 Å². The lowest BCUT2D eigenvalue weighted by molar-refractivity contribution is -0.142. The molecule has 28 heavy (non-hydrogen) atoms. The van der Waals surface area contributed by atoms with E-state index >= 15 is 0 Å². The van der Waals surface area contributed by atoms with Crippen LogP contribution in [0, 0.1) is 11.7 Å². The zero-order valence-corrected chi connectivity index (χ0v) is 16.1. The van der Waals surface area contributed by atoms with Crippen LogP contribution in [0.4, 0.5) is 10.1 Å². The van der Waals surface area contributed by atoms with Crippen LogP contribution in [0.3, 0.4) is 0 Å². The molecule has 1 heterocycles. The number of nitrogens with zero attached hydrogens (tertiary/aromatic N) is 2. The van der Waals surface area contributed by atoms with Crippen molar-refractivity contribution < 1.29 is 32.3 Å². The van der Waals surface area contributed by atoms with E-state index < -0.39 is 39.5 Å². The third kappa shape index (κ3) is 5.99. The molecular weight excluding hydrogens is 393 g/mol. The number of carboxylic acids is 1. The molecule has 0 aromatic heterocycles. The van der Waals surface area contributed by atoms with E-state index in [1.165, 1.54) is 21.3 Å². The summed E-state index contributed by atoms with van der Waals surface area (Å²) in [5, 5.41) is 11.4. The molecule has 1 saturated heterocycles. The van der Waals surface area contributed by atoms with Crippen LogP contribution in [0.15, 0.2) is 24.3 Å². The summed E-state index contributed by atoms with van der Waals surface area (Å²) >= 11 is 0. The number of hydrogen-bond acceptors (Lipinski definition) is 5. The minimum atomic E-state index is -3.37. The summed E-state index contributed by atoms with van der Waals surface area (Å²) in [5.74, 6) is -4.13. The van der Waals surface area contributed by atoms with Crippen molar-refractivity contribution in [2.24, 2.45) is 5.92 Å². The molecule has 154 valence electrons. The van der Waals surface area contributed by atoms with Crippen molar-refractivity contribution in [3.63, 3.8) is 0 Å². The maximum atomic E-state index is 13.0. The van der Waals surface area contributed by atoms with Gasteiger partial charge in [-0.05, 0) is 30.7 Å². The van der Waals surface area contributed by atoms with Crippen LogP contribution < -0.4 is 5.32 Å². The fourth-order valence-corrected chi connectivity index (χ4v) is 3.68. The quantitative estimate of drug-likeness (QED) is 0.619. The topological polar surface area (TPSA) is 124 Å². The summed E-state index contributed by atoms with van der Waals surface area (Å²) < 4.78 is 37.4. The Hall–Kier alpha value is -2.53. The SMILES string of the molecule is CS(=O)(=O)N1CCN(C(=O)[C@@H](CCC(=O)O)C(=O)Nc2ccc(F)cc2)CC1. The molecule has 2 amide bonds. The Morgan fingerprint density at radius 2 is 1.71 bits per heavy atom.